The molecule has 0 spiro atoms. The van der Waals surface area contributed by atoms with Crippen LogP contribution in [-0.4, -0.2) is 77.6 Å². The van der Waals surface area contributed by atoms with Crippen molar-refractivity contribution in [3.8, 4) is 5.75 Å². The molecule has 1 aromatic carbocycles. The van der Waals surface area contributed by atoms with Crippen LogP contribution in [0.2, 0.25) is 0 Å². The summed E-state index contributed by atoms with van der Waals surface area (Å²) >= 11 is 0. The Hall–Kier alpha value is -4.14. The van der Waals surface area contributed by atoms with Crippen molar-refractivity contribution in [2.24, 2.45) is 0 Å². The summed E-state index contributed by atoms with van der Waals surface area (Å²) in [7, 11) is 1.64. The van der Waals surface area contributed by atoms with E-state index in [0.717, 1.165) is 47.8 Å². The predicted molar refractivity (Wildman–Crippen MR) is 151 cm³/mol. The van der Waals surface area contributed by atoms with Crippen LogP contribution in [0.25, 0.3) is 0 Å². The Bertz CT molecular complexity index is 1320. The lowest BCUT2D eigenvalue weighted by Gasteiger charge is -2.36. The van der Waals surface area contributed by atoms with Crippen molar-refractivity contribution in [1.82, 2.24) is 19.8 Å². The Morgan fingerprint density at radius 2 is 1.74 bits per heavy atom. The third-order valence-electron chi connectivity index (χ3n) is 7.57. The van der Waals surface area contributed by atoms with Gasteiger partial charge in [0.1, 0.15) is 17.4 Å². The Labute approximate surface area is 230 Å². The number of hydrogen-bond donors (Lipinski definition) is 0. The fourth-order valence-electron chi connectivity index (χ4n) is 5.40. The van der Waals surface area contributed by atoms with Gasteiger partial charge < -0.3 is 19.4 Å². The second-order valence-corrected chi connectivity index (χ2v) is 10.3. The summed E-state index contributed by atoms with van der Waals surface area (Å²) in [6.07, 6.45) is 4.30. The van der Waals surface area contributed by atoms with Crippen LogP contribution < -0.4 is 14.5 Å². The molecule has 2 aliphatic rings. The first-order valence-corrected chi connectivity index (χ1v) is 13.5. The van der Waals surface area contributed by atoms with Crippen LogP contribution in [0.3, 0.4) is 0 Å². The second kappa shape index (κ2) is 11.3. The van der Waals surface area contributed by atoms with Crippen LogP contribution in [0.1, 0.15) is 40.4 Å². The van der Waals surface area contributed by atoms with Gasteiger partial charge in [-0.3, -0.25) is 9.69 Å². The van der Waals surface area contributed by atoms with E-state index in [-0.39, 0.29) is 18.0 Å². The van der Waals surface area contributed by atoms with Crippen molar-refractivity contribution in [1.29, 1.82) is 0 Å². The minimum Gasteiger partial charge on any atom is -0.497 e. The molecule has 2 fully saturated rings. The number of anilines is 2. The Morgan fingerprint density at radius 3 is 2.36 bits per heavy atom. The van der Waals surface area contributed by atoms with E-state index in [1.165, 1.54) is 0 Å². The smallest absolute Gasteiger partial charge is 0.326 e. The third-order valence-corrected chi connectivity index (χ3v) is 7.57. The van der Waals surface area contributed by atoms with Gasteiger partial charge in [-0.05, 0) is 61.2 Å². The summed E-state index contributed by atoms with van der Waals surface area (Å²) in [4.78, 5) is 43.5. The molecular weight excluding hydrogens is 492 g/mol. The van der Waals surface area contributed by atoms with Crippen LogP contribution in [0.5, 0.6) is 5.75 Å². The number of carbonyl (C=O) groups is 2. The number of aromatic nitrogens is 2. The molecular formula is C30H36N6O3. The average molecular weight is 529 g/mol. The summed E-state index contributed by atoms with van der Waals surface area (Å²) in [5, 5.41) is 0. The van der Waals surface area contributed by atoms with E-state index in [1.54, 1.807) is 30.3 Å². The Kier molecular flexibility index (Phi) is 7.67. The number of urea groups is 1. The van der Waals surface area contributed by atoms with Crippen LogP contribution in [-0.2, 0) is 6.54 Å². The van der Waals surface area contributed by atoms with Gasteiger partial charge in [0.05, 0.1) is 18.7 Å². The summed E-state index contributed by atoms with van der Waals surface area (Å²) in [5.41, 5.74) is 3.88. The minimum absolute atomic E-state index is 0.0247. The first-order chi connectivity index (χ1) is 18.9. The lowest BCUT2D eigenvalue weighted by molar-refractivity contribution is 0.0746. The van der Waals surface area contributed by atoms with Gasteiger partial charge in [-0.15, -0.1) is 0 Å². The molecule has 0 bridgehead atoms. The molecule has 204 valence electrons. The standard InChI is InChI=1S/C30H36N6O3/c1-5-25-20-35(19-23-6-9-26(39-4)10-7-23)30(38)36(25)27-11-8-24(18-31-27)29(37)34-14-12-33(13-15-34)28-22(3)16-21(2)17-32-28/h6-11,16-18,25H,5,12-15,19-20H2,1-4H3. The lowest BCUT2D eigenvalue weighted by Crippen LogP contribution is -2.49. The van der Waals surface area contributed by atoms with E-state index < -0.39 is 0 Å². The number of hydrogen-bond acceptors (Lipinski definition) is 6. The minimum atomic E-state index is -0.0691. The first-order valence-electron chi connectivity index (χ1n) is 13.5. The molecule has 9 heteroatoms. The zero-order chi connectivity index (χ0) is 27.5. The summed E-state index contributed by atoms with van der Waals surface area (Å²) in [5.74, 6) is 2.31. The zero-order valence-corrected chi connectivity index (χ0v) is 23.1. The van der Waals surface area contributed by atoms with Gasteiger partial charge in [-0.2, -0.15) is 0 Å². The van der Waals surface area contributed by atoms with Gasteiger partial charge in [-0.1, -0.05) is 25.1 Å². The SMILES string of the molecule is CCC1CN(Cc2ccc(OC)cc2)C(=O)N1c1ccc(C(=O)N2CCN(c3ncc(C)cc3C)CC2)cn1. The monoisotopic (exact) mass is 528 g/mol. The van der Waals surface area contributed by atoms with Crippen molar-refractivity contribution in [3.63, 3.8) is 0 Å². The van der Waals surface area contributed by atoms with Crippen LogP contribution in [0.4, 0.5) is 16.4 Å². The van der Waals surface area contributed by atoms with Crippen molar-refractivity contribution in [2.75, 3.05) is 49.6 Å². The molecule has 5 rings (SSSR count). The number of methoxy groups -OCH3 is 1. The van der Waals surface area contributed by atoms with E-state index in [9.17, 15) is 9.59 Å². The Balaban J connectivity index is 1.22. The van der Waals surface area contributed by atoms with Gasteiger partial charge >= 0.3 is 6.03 Å². The molecule has 0 radical (unpaired) electrons. The predicted octanol–water partition coefficient (Wildman–Crippen LogP) is 4.29. The van der Waals surface area contributed by atoms with Gasteiger partial charge in [0, 0.05) is 51.7 Å². The van der Waals surface area contributed by atoms with Gasteiger partial charge in [-0.25, -0.2) is 14.8 Å². The van der Waals surface area contributed by atoms with Gasteiger partial charge in [0.15, 0.2) is 0 Å². The highest BCUT2D eigenvalue weighted by Crippen LogP contribution is 2.27. The van der Waals surface area contributed by atoms with E-state index in [1.807, 2.05) is 47.2 Å². The maximum atomic E-state index is 13.4. The molecule has 1 unspecified atom stereocenters. The number of ether oxygens (including phenoxy) is 1. The number of aryl methyl sites for hydroxylation is 2. The molecule has 1 atom stereocenters. The molecule has 0 N–H and O–H groups in total. The summed E-state index contributed by atoms with van der Waals surface area (Å²) < 4.78 is 5.24. The van der Waals surface area contributed by atoms with Crippen molar-refractivity contribution in [2.45, 2.75) is 39.8 Å². The number of piperazine rings is 1. The molecule has 3 amide bonds. The number of pyridine rings is 2. The second-order valence-electron chi connectivity index (χ2n) is 10.3. The molecule has 2 saturated heterocycles. The lowest BCUT2D eigenvalue weighted by atomic mass is 10.1. The highest BCUT2D eigenvalue weighted by atomic mass is 16.5. The molecule has 2 aliphatic heterocycles. The molecule has 0 saturated carbocycles. The zero-order valence-electron chi connectivity index (χ0n) is 23.1. The third kappa shape index (κ3) is 5.53. The van der Waals surface area contributed by atoms with Crippen molar-refractivity contribution < 1.29 is 14.3 Å². The summed E-state index contributed by atoms with van der Waals surface area (Å²) in [6.45, 7) is 10.1. The highest BCUT2D eigenvalue weighted by molar-refractivity contribution is 5.96. The maximum Gasteiger partial charge on any atom is 0.326 e. The molecule has 2 aromatic heterocycles. The van der Waals surface area contributed by atoms with Crippen LogP contribution >= 0.6 is 0 Å². The van der Waals surface area contributed by atoms with Crippen LogP contribution in [0, 0.1) is 13.8 Å². The average Bonchev–Trinajstić information content (AvgIpc) is 3.28. The van der Waals surface area contributed by atoms with Crippen molar-refractivity contribution >= 4 is 23.6 Å². The van der Waals surface area contributed by atoms with E-state index in [2.05, 4.69) is 34.8 Å². The molecule has 0 aliphatic carbocycles. The fourth-order valence-corrected chi connectivity index (χ4v) is 5.40. The molecule has 39 heavy (non-hydrogen) atoms. The number of amides is 3. The number of rotatable bonds is 7. The number of carbonyl (C=O) groups excluding carboxylic acids is 2. The topological polar surface area (TPSA) is 82.1 Å². The first kappa shape index (κ1) is 26.5. The van der Waals surface area contributed by atoms with E-state index >= 15 is 0 Å². The fraction of sp³-hybridized carbons (Fsp3) is 0.400. The van der Waals surface area contributed by atoms with Gasteiger partial charge in [0.25, 0.3) is 5.91 Å². The number of benzene rings is 1. The van der Waals surface area contributed by atoms with Crippen molar-refractivity contribution in [3.05, 3.63) is 77.1 Å². The molecule has 9 nitrogen and oxygen atoms in total. The molecule has 4 heterocycles. The normalized spacial score (nSPS) is 17.6. The largest absolute Gasteiger partial charge is 0.497 e. The quantitative estimate of drug-likeness (QED) is 0.455. The van der Waals surface area contributed by atoms with E-state index in [4.69, 9.17) is 4.74 Å². The highest BCUT2D eigenvalue weighted by Gasteiger charge is 2.38. The summed E-state index contributed by atoms with van der Waals surface area (Å²) in [6, 6.07) is 13.4. The molecule has 3 aromatic rings. The Morgan fingerprint density at radius 1 is 1.00 bits per heavy atom. The van der Waals surface area contributed by atoms with Gasteiger partial charge in [0.2, 0.25) is 0 Å². The number of nitrogens with zero attached hydrogens (tertiary/aromatic N) is 6. The maximum absolute atomic E-state index is 13.4. The van der Waals surface area contributed by atoms with Crippen LogP contribution in [0.15, 0.2) is 54.9 Å². The van der Waals surface area contributed by atoms with E-state index in [0.29, 0.717) is 37.6 Å².